The van der Waals surface area contributed by atoms with Crippen molar-refractivity contribution in [1.29, 1.82) is 0 Å². The zero-order valence-electron chi connectivity index (χ0n) is 10.1. The molecule has 0 aliphatic carbocycles. The van der Waals surface area contributed by atoms with Crippen LogP contribution in [0.15, 0.2) is 6.20 Å². The summed E-state index contributed by atoms with van der Waals surface area (Å²) in [5, 5.41) is 3.37. The third-order valence-corrected chi connectivity index (χ3v) is 2.58. The lowest BCUT2D eigenvalue weighted by molar-refractivity contribution is 0.592. The molecule has 0 amide bonds. The molecule has 0 aromatic carbocycles. The number of imidazole rings is 1. The van der Waals surface area contributed by atoms with Gasteiger partial charge in [0.15, 0.2) is 5.95 Å². The molecule has 0 radical (unpaired) electrons. The highest BCUT2D eigenvalue weighted by Gasteiger charge is 2.03. The largest absolute Gasteiger partial charge is 0.353 e. The molecule has 1 heterocycles. The van der Waals surface area contributed by atoms with Gasteiger partial charge >= 0.3 is 0 Å². The van der Waals surface area contributed by atoms with Crippen LogP contribution in [0.25, 0.3) is 0 Å². The van der Waals surface area contributed by atoms with Gasteiger partial charge < -0.3 is 10.3 Å². The van der Waals surface area contributed by atoms with Gasteiger partial charge in [-0.15, -0.1) is 0 Å². The smallest absolute Gasteiger partial charge is 0.200 e. The highest BCUT2D eigenvalue weighted by molar-refractivity contribution is 5.26. The van der Waals surface area contributed by atoms with Gasteiger partial charge in [0.2, 0.25) is 0 Å². The molecule has 0 spiro atoms. The third kappa shape index (κ3) is 4.86. The number of nitrogens with one attached hydrogen (secondary N) is 2. The Morgan fingerprint density at radius 1 is 1.40 bits per heavy atom. The summed E-state index contributed by atoms with van der Waals surface area (Å²) >= 11 is 0. The average molecular weight is 209 g/mol. The number of anilines is 1. The Labute approximate surface area is 92.7 Å². The predicted molar refractivity (Wildman–Crippen MR) is 65.2 cm³/mol. The summed E-state index contributed by atoms with van der Waals surface area (Å²) in [7, 11) is 0. The van der Waals surface area contributed by atoms with Crippen molar-refractivity contribution in [2.24, 2.45) is 0 Å². The summed E-state index contributed by atoms with van der Waals surface area (Å²) in [5.74, 6) is 0.899. The summed E-state index contributed by atoms with van der Waals surface area (Å²) in [5.41, 5.74) is 1.11. The van der Waals surface area contributed by atoms with Crippen LogP contribution in [-0.4, -0.2) is 16.0 Å². The molecular formula is C12H23N3. The number of unbranched alkanes of at least 4 members (excludes halogenated alkanes) is 3. The van der Waals surface area contributed by atoms with Crippen molar-refractivity contribution in [3.8, 4) is 0 Å². The van der Waals surface area contributed by atoms with Crippen molar-refractivity contribution in [1.82, 2.24) is 9.97 Å². The normalized spacial score (nSPS) is 12.7. The summed E-state index contributed by atoms with van der Waals surface area (Å²) in [6, 6.07) is 0.507. The molecule has 0 saturated heterocycles. The first-order chi connectivity index (χ1) is 7.22. The lowest BCUT2D eigenvalue weighted by atomic mass is 10.1. The fourth-order valence-electron chi connectivity index (χ4n) is 1.67. The van der Waals surface area contributed by atoms with E-state index in [0.717, 1.165) is 11.6 Å². The zero-order valence-corrected chi connectivity index (χ0v) is 10.1. The SMILES string of the molecule is CCCCCCC(C)Nc1ncc(C)[nH]1. The van der Waals surface area contributed by atoms with E-state index in [1.165, 1.54) is 32.1 Å². The molecule has 0 fully saturated rings. The molecule has 1 atom stereocenters. The van der Waals surface area contributed by atoms with E-state index in [-0.39, 0.29) is 0 Å². The topological polar surface area (TPSA) is 40.7 Å². The molecule has 0 bridgehead atoms. The lowest BCUT2D eigenvalue weighted by Gasteiger charge is -2.12. The number of aromatic nitrogens is 2. The average Bonchev–Trinajstić information content (AvgIpc) is 2.59. The minimum Gasteiger partial charge on any atom is -0.353 e. The van der Waals surface area contributed by atoms with E-state index in [9.17, 15) is 0 Å². The van der Waals surface area contributed by atoms with Crippen molar-refractivity contribution >= 4 is 5.95 Å². The van der Waals surface area contributed by atoms with Crippen LogP contribution in [0.1, 0.15) is 51.6 Å². The van der Waals surface area contributed by atoms with Crippen LogP contribution in [0.3, 0.4) is 0 Å². The first-order valence-electron chi connectivity index (χ1n) is 6.00. The van der Waals surface area contributed by atoms with Gasteiger partial charge in [0.25, 0.3) is 0 Å². The molecule has 2 N–H and O–H groups in total. The van der Waals surface area contributed by atoms with Crippen LogP contribution in [0, 0.1) is 6.92 Å². The van der Waals surface area contributed by atoms with Gasteiger partial charge in [0, 0.05) is 17.9 Å². The summed E-state index contributed by atoms with van der Waals surface area (Å²) in [6.45, 7) is 6.47. The first kappa shape index (κ1) is 12.1. The van der Waals surface area contributed by atoms with E-state index in [1.54, 1.807) is 0 Å². The molecule has 1 rings (SSSR count). The summed E-state index contributed by atoms with van der Waals surface area (Å²) in [6.07, 6.45) is 8.39. The predicted octanol–water partition coefficient (Wildman–Crippen LogP) is 3.49. The first-order valence-corrected chi connectivity index (χ1v) is 6.00. The van der Waals surface area contributed by atoms with E-state index in [1.807, 2.05) is 13.1 Å². The maximum atomic E-state index is 4.23. The number of rotatable bonds is 7. The fraction of sp³-hybridized carbons (Fsp3) is 0.750. The molecular weight excluding hydrogens is 186 g/mol. The van der Waals surface area contributed by atoms with Gasteiger partial charge in [-0.25, -0.2) is 4.98 Å². The second-order valence-electron chi connectivity index (χ2n) is 4.31. The number of hydrogen-bond donors (Lipinski definition) is 2. The zero-order chi connectivity index (χ0) is 11.1. The van der Waals surface area contributed by atoms with Crippen molar-refractivity contribution < 1.29 is 0 Å². The fourth-order valence-corrected chi connectivity index (χ4v) is 1.67. The van der Waals surface area contributed by atoms with Crippen molar-refractivity contribution in [3.63, 3.8) is 0 Å². The minimum absolute atomic E-state index is 0.507. The van der Waals surface area contributed by atoms with E-state index in [0.29, 0.717) is 6.04 Å². The van der Waals surface area contributed by atoms with E-state index >= 15 is 0 Å². The quantitative estimate of drug-likeness (QED) is 0.675. The third-order valence-electron chi connectivity index (χ3n) is 2.58. The van der Waals surface area contributed by atoms with Crippen molar-refractivity contribution in [2.75, 3.05) is 5.32 Å². The van der Waals surface area contributed by atoms with Crippen LogP contribution in [0.2, 0.25) is 0 Å². The van der Waals surface area contributed by atoms with Crippen molar-refractivity contribution in [3.05, 3.63) is 11.9 Å². The van der Waals surface area contributed by atoms with Crippen LogP contribution in [-0.2, 0) is 0 Å². The Kier molecular flexibility index (Phi) is 5.22. The maximum absolute atomic E-state index is 4.23. The maximum Gasteiger partial charge on any atom is 0.200 e. The van der Waals surface area contributed by atoms with Gasteiger partial charge in [0.05, 0.1) is 0 Å². The van der Waals surface area contributed by atoms with Crippen LogP contribution in [0.5, 0.6) is 0 Å². The number of H-pyrrole nitrogens is 1. The molecule has 3 nitrogen and oxygen atoms in total. The molecule has 86 valence electrons. The Morgan fingerprint density at radius 2 is 2.20 bits per heavy atom. The van der Waals surface area contributed by atoms with Crippen LogP contribution in [0.4, 0.5) is 5.95 Å². The summed E-state index contributed by atoms with van der Waals surface area (Å²) < 4.78 is 0. The molecule has 15 heavy (non-hydrogen) atoms. The molecule has 0 saturated carbocycles. The molecule has 1 unspecified atom stereocenters. The van der Waals surface area contributed by atoms with Crippen LogP contribution < -0.4 is 5.32 Å². The number of aryl methyl sites for hydroxylation is 1. The molecule has 3 heteroatoms. The number of aromatic amines is 1. The highest BCUT2D eigenvalue weighted by Crippen LogP contribution is 2.09. The highest BCUT2D eigenvalue weighted by atomic mass is 15.1. The number of nitrogens with zero attached hydrogens (tertiary/aromatic N) is 1. The van der Waals surface area contributed by atoms with Crippen LogP contribution >= 0.6 is 0 Å². The second kappa shape index (κ2) is 6.49. The van der Waals surface area contributed by atoms with E-state index in [4.69, 9.17) is 0 Å². The van der Waals surface area contributed by atoms with E-state index < -0.39 is 0 Å². The van der Waals surface area contributed by atoms with Crippen molar-refractivity contribution in [2.45, 2.75) is 58.9 Å². The van der Waals surface area contributed by atoms with Gasteiger partial charge in [-0.05, 0) is 20.3 Å². The van der Waals surface area contributed by atoms with Gasteiger partial charge in [0.1, 0.15) is 0 Å². The minimum atomic E-state index is 0.507. The molecule has 0 aliphatic rings. The van der Waals surface area contributed by atoms with E-state index in [2.05, 4.69) is 29.1 Å². The number of hydrogen-bond acceptors (Lipinski definition) is 2. The molecule has 0 aliphatic heterocycles. The summed E-state index contributed by atoms with van der Waals surface area (Å²) in [4.78, 5) is 7.42. The Bertz CT molecular complexity index is 268. The molecule has 1 aromatic heterocycles. The monoisotopic (exact) mass is 209 g/mol. The molecule has 1 aromatic rings. The Morgan fingerprint density at radius 3 is 2.80 bits per heavy atom. The Balaban J connectivity index is 2.15. The Hall–Kier alpha value is -0.990. The van der Waals surface area contributed by atoms with Gasteiger partial charge in [-0.2, -0.15) is 0 Å². The standard InChI is InChI=1S/C12H23N3/c1-4-5-6-7-8-10(2)14-12-13-9-11(3)15-12/h9-10H,4-8H2,1-3H3,(H2,13,14,15). The second-order valence-corrected chi connectivity index (χ2v) is 4.31. The van der Waals surface area contributed by atoms with Gasteiger partial charge in [-0.1, -0.05) is 32.6 Å². The lowest BCUT2D eigenvalue weighted by Crippen LogP contribution is -2.15. The van der Waals surface area contributed by atoms with Gasteiger partial charge in [-0.3, -0.25) is 0 Å².